The molecule has 0 fully saturated rings. The SMILES string of the molecule is CC(C)C(C)NC(=O)c1cc(-c2ccco2)nn1-c1cccc([N+](=O)[O-])c1. The molecule has 0 saturated heterocycles. The maximum Gasteiger partial charge on any atom is 0.271 e. The Kier molecular flexibility index (Phi) is 5.07. The van der Waals surface area contributed by atoms with Crippen LogP contribution in [0.1, 0.15) is 31.3 Å². The summed E-state index contributed by atoms with van der Waals surface area (Å²) in [5.74, 6) is 0.450. The molecule has 0 bridgehead atoms. The third-order valence-corrected chi connectivity index (χ3v) is 4.36. The largest absolute Gasteiger partial charge is 0.463 e. The van der Waals surface area contributed by atoms with Gasteiger partial charge in [0.25, 0.3) is 11.6 Å². The van der Waals surface area contributed by atoms with Gasteiger partial charge in [0, 0.05) is 24.2 Å². The van der Waals surface area contributed by atoms with Gasteiger partial charge < -0.3 is 9.73 Å². The topological polar surface area (TPSA) is 103 Å². The van der Waals surface area contributed by atoms with E-state index in [1.54, 1.807) is 30.3 Å². The second-order valence-corrected chi connectivity index (χ2v) is 6.59. The number of carbonyl (C=O) groups excluding carboxylic acids is 1. The highest BCUT2D eigenvalue weighted by molar-refractivity contribution is 5.94. The van der Waals surface area contributed by atoms with Gasteiger partial charge in [-0.25, -0.2) is 4.68 Å². The fourth-order valence-electron chi connectivity index (χ4n) is 2.47. The molecule has 3 rings (SSSR count). The summed E-state index contributed by atoms with van der Waals surface area (Å²) in [6.07, 6.45) is 1.52. The lowest BCUT2D eigenvalue weighted by atomic mass is 10.1. The van der Waals surface area contributed by atoms with Crippen molar-refractivity contribution in [3.63, 3.8) is 0 Å². The smallest absolute Gasteiger partial charge is 0.271 e. The monoisotopic (exact) mass is 368 g/mol. The van der Waals surface area contributed by atoms with E-state index in [-0.39, 0.29) is 29.2 Å². The molecule has 0 spiro atoms. The highest BCUT2D eigenvalue weighted by Gasteiger charge is 2.21. The number of nitro benzene ring substituents is 1. The summed E-state index contributed by atoms with van der Waals surface area (Å²) in [6, 6.07) is 11.0. The van der Waals surface area contributed by atoms with Crippen molar-refractivity contribution in [3.05, 3.63) is 64.5 Å². The average Bonchev–Trinajstić information content (AvgIpc) is 3.31. The number of hydrogen-bond donors (Lipinski definition) is 1. The molecule has 1 aromatic carbocycles. The van der Waals surface area contributed by atoms with Crippen LogP contribution in [0, 0.1) is 16.0 Å². The molecule has 0 saturated carbocycles. The molecule has 1 atom stereocenters. The Hall–Kier alpha value is -3.42. The number of non-ortho nitro benzene ring substituents is 1. The van der Waals surface area contributed by atoms with E-state index in [4.69, 9.17) is 4.42 Å². The number of hydrogen-bond acceptors (Lipinski definition) is 5. The first-order chi connectivity index (χ1) is 12.9. The number of aromatic nitrogens is 2. The molecule has 1 unspecified atom stereocenters. The number of rotatable bonds is 6. The van der Waals surface area contributed by atoms with Crippen molar-refractivity contribution >= 4 is 11.6 Å². The van der Waals surface area contributed by atoms with E-state index < -0.39 is 4.92 Å². The first-order valence-corrected chi connectivity index (χ1v) is 8.56. The fraction of sp³-hybridized carbons (Fsp3) is 0.263. The Morgan fingerprint density at radius 3 is 2.63 bits per heavy atom. The van der Waals surface area contributed by atoms with E-state index in [0.29, 0.717) is 17.1 Å². The lowest BCUT2D eigenvalue weighted by Gasteiger charge is -2.17. The molecule has 2 heterocycles. The van der Waals surface area contributed by atoms with Gasteiger partial charge >= 0.3 is 0 Å². The maximum absolute atomic E-state index is 12.8. The van der Waals surface area contributed by atoms with Crippen molar-refractivity contribution in [3.8, 4) is 17.1 Å². The van der Waals surface area contributed by atoms with Gasteiger partial charge in [-0.2, -0.15) is 5.10 Å². The molecule has 0 radical (unpaired) electrons. The van der Waals surface area contributed by atoms with Crippen LogP contribution in [0.4, 0.5) is 5.69 Å². The van der Waals surface area contributed by atoms with E-state index in [1.807, 2.05) is 20.8 Å². The highest BCUT2D eigenvalue weighted by Crippen LogP contribution is 2.24. The number of nitro groups is 1. The summed E-state index contributed by atoms with van der Waals surface area (Å²) in [6.45, 7) is 5.94. The van der Waals surface area contributed by atoms with Gasteiger partial charge in [-0.1, -0.05) is 19.9 Å². The second-order valence-electron chi connectivity index (χ2n) is 6.59. The van der Waals surface area contributed by atoms with Gasteiger partial charge in [-0.05, 0) is 31.0 Å². The number of amides is 1. The standard InChI is InChI=1S/C19H20N4O4/c1-12(2)13(3)20-19(24)17-11-16(18-8-5-9-27-18)21-22(17)14-6-4-7-15(10-14)23(25)26/h4-13H,1-3H3,(H,20,24). The Balaban J connectivity index is 2.07. The van der Waals surface area contributed by atoms with Crippen LogP contribution in [-0.2, 0) is 0 Å². The summed E-state index contributed by atoms with van der Waals surface area (Å²) in [5.41, 5.74) is 1.08. The van der Waals surface area contributed by atoms with E-state index in [2.05, 4.69) is 10.4 Å². The van der Waals surface area contributed by atoms with Crippen molar-refractivity contribution in [1.29, 1.82) is 0 Å². The van der Waals surface area contributed by atoms with Crippen LogP contribution in [0.5, 0.6) is 0 Å². The van der Waals surface area contributed by atoms with E-state index >= 15 is 0 Å². The lowest BCUT2D eigenvalue weighted by molar-refractivity contribution is -0.384. The molecule has 0 aliphatic heterocycles. The third-order valence-electron chi connectivity index (χ3n) is 4.36. The number of nitrogens with one attached hydrogen (secondary N) is 1. The van der Waals surface area contributed by atoms with Crippen LogP contribution in [0.15, 0.2) is 53.1 Å². The summed E-state index contributed by atoms with van der Waals surface area (Å²) < 4.78 is 6.77. The van der Waals surface area contributed by atoms with Crippen molar-refractivity contribution in [1.82, 2.24) is 15.1 Å². The van der Waals surface area contributed by atoms with Crippen molar-refractivity contribution in [2.24, 2.45) is 5.92 Å². The molecule has 140 valence electrons. The van der Waals surface area contributed by atoms with E-state index in [9.17, 15) is 14.9 Å². The number of benzene rings is 1. The minimum absolute atomic E-state index is 0.0435. The molecule has 0 aliphatic carbocycles. The van der Waals surface area contributed by atoms with Crippen LogP contribution in [-0.4, -0.2) is 26.7 Å². The fourth-order valence-corrected chi connectivity index (χ4v) is 2.47. The molecule has 27 heavy (non-hydrogen) atoms. The minimum atomic E-state index is -0.485. The number of furan rings is 1. The second kappa shape index (κ2) is 7.45. The maximum atomic E-state index is 12.8. The zero-order chi connectivity index (χ0) is 19.6. The molecule has 1 amide bonds. The zero-order valence-corrected chi connectivity index (χ0v) is 15.2. The predicted octanol–water partition coefficient (Wildman–Crippen LogP) is 3.81. The Morgan fingerprint density at radius 1 is 1.22 bits per heavy atom. The van der Waals surface area contributed by atoms with Crippen LogP contribution >= 0.6 is 0 Å². The van der Waals surface area contributed by atoms with Crippen molar-refractivity contribution < 1.29 is 14.1 Å². The van der Waals surface area contributed by atoms with E-state index in [1.165, 1.54) is 23.1 Å². The summed E-state index contributed by atoms with van der Waals surface area (Å²) in [7, 11) is 0. The Bertz CT molecular complexity index is 960. The molecule has 0 aliphatic rings. The molecule has 8 nitrogen and oxygen atoms in total. The minimum Gasteiger partial charge on any atom is -0.463 e. The zero-order valence-electron chi connectivity index (χ0n) is 15.2. The van der Waals surface area contributed by atoms with Gasteiger partial charge in [0.05, 0.1) is 16.9 Å². The number of carbonyl (C=O) groups is 1. The average molecular weight is 368 g/mol. The van der Waals surface area contributed by atoms with Crippen LogP contribution in [0.3, 0.4) is 0 Å². The molecular weight excluding hydrogens is 348 g/mol. The summed E-state index contributed by atoms with van der Waals surface area (Å²) in [5, 5.41) is 18.5. The van der Waals surface area contributed by atoms with Crippen LogP contribution < -0.4 is 5.32 Å². The van der Waals surface area contributed by atoms with Crippen molar-refractivity contribution in [2.45, 2.75) is 26.8 Å². The normalized spacial score (nSPS) is 12.1. The van der Waals surface area contributed by atoms with Gasteiger partial charge in [0.1, 0.15) is 11.4 Å². The number of nitrogens with zero attached hydrogens (tertiary/aromatic N) is 3. The highest BCUT2D eigenvalue weighted by atomic mass is 16.6. The summed E-state index contributed by atoms with van der Waals surface area (Å²) >= 11 is 0. The molecular formula is C19H20N4O4. The quantitative estimate of drug-likeness (QED) is 0.526. The molecule has 8 heteroatoms. The lowest BCUT2D eigenvalue weighted by Crippen LogP contribution is -2.37. The third kappa shape index (κ3) is 3.89. The van der Waals surface area contributed by atoms with Crippen LogP contribution in [0.2, 0.25) is 0 Å². The van der Waals surface area contributed by atoms with Gasteiger partial charge in [-0.3, -0.25) is 14.9 Å². The van der Waals surface area contributed by atoms with Gasteiger partial charge in [0.15, 0.2) is 5.76 Å². The van der Waals surface area contributed by atoms with Crippen molar-refractivity contribution in [2.75, 3.05) is 0 Å². The van der Waals surface area contributed by atoms with Crippen LogP contribution in [0.25, 0.3) is 17.1 Å². The van der Waals surface area contributed by atoms with Gasteiger partial charge in [-0.15, -0.1) is 0 Å². The van der Waals surface area contributed by atoms with E-state index in [0.717, 1.165) is 0 Å². The predicted molar refractivity (Wildman–Crippen MR) is 99.7 cm³/mol. The molecule has 2 aromatic heterocycles. The first-order valence-electron chi connectivity index (χ1n) is 8.56. The Morgan fingerprint density at radius 2 is 2.00 bits per heavy atom. The molecule has 1 N–H and O–H groups in total. The Labute approximate surface area is 156 Å². The summed E-state index contributed by atoms with van der Waals surface area (Å²) in [4.78, 5) is 23.4. The first kappa shape index (κ1) is 18.4. The van der Waals surface area contributed by atoms with Gasteiger partial charge in [0.2, 0.25) is 0 Å². The molecule has 3 aromatic rings.